The summed E-state index contributed by atoms with van der Waals surface area (Å²) in [6.07, 6.45) is 0. The van der Waals surface area contributed by atoms with Crippen molar-refractivity contribution in [3.05, 3.63) is 29.6 Å². The minimum atomic E-state index is -3.27. The number of halogens is 1. The molecule has 21 heavy (non-hydrogen) atoms. The SMILES string of the molecule is CCS(=O)(=O)C1CSCCN1c1ccc(F)cc1C(=N)N. The van der Waals surface area contributed by atoms with Crippen molar-refractivity contribution in [1.82, 2.24) is 0 Å². The van der Waals surface area contributed by atoms with Crippen LogP contribution in [-0.2, 0) is 9.84 Å². The highest BCUT2D eigenvalue weighted by molar-refractivity contribution is 8.01. The number of nitrogens with zero attached hydrogens (tertiary/aromatic N) is 1. The highest BCUT2D eigenvalue weighted by Crippen LogP contribution is 2.30. The van der Waals surface area contributed by atoms with E-state index in [1.807, 2.05) is 0 Å². The zero-order valence-electron chi connectivity index (χ0n) is 11.7. The Balaban J connectivity index is 2.50. The highest BCUT2D eigenvalue weighted by atomic mass is 32.2. The lowest BCUT2D eigenvalue weighted by atomic mass is 10.1. The van der Waals surface area contributed by atoms with Crippen LogP contribution in [0.1, 0.15) is 12.5 Å². The summed E-state index contributed by atoms with van der Waals surface area (Å²) in [6, 6.07) is 3.94. The first-order valence-electron chi connectivity index (χ1n) is 6.56. The third-order valence-electron chi connectivity index (χ3n) is 3.46. The average Bonchev–Trinajstić information content (AvgIpc) is 2.47. The van der Waals surface area contributed by atoms with Gasteiger partial charge in [-0.1, -0.05) is 6.92 Å². The molecule has 0 saturated carbocycles. The molecular weight excluding hydrogens is 313 g/mol. The molecule has 1 aliphatic rings. The summed E-state index contributed by atoms with van der Waals surface area (Å²) < 4.78 is 37.9. The lowest BCUT2D eigenvalue weighted by Crippen LogP contribution is -2.48. The molecule has 3 N–H and O–H groups in total. The van der Waals surface area contributed by atoms with Crippen LogP contribution in [0.2, 0.25) is 0 Å². The second-order valence-electron chi connectivity index (χ2n) is 4.75. The number of anilines is 1. The summed E-state index contributed by atoms with van der Waals surface area (Å²) in [6.45, 7) is 2.14. The Bertz CT molecular complexity index is 649. The summed E-state index contributed by atoms with van der Waals surface area (Å²) in [4.78, 5) is 1.73. The van der Waals surface area contributed by atoms with Gasteiger partial charge in [-0.25, -0.2) is 12.8 Å². The molecule has 0 amide bonds. The van der Waals surface area contributed by atoms with Gasteiger partial charge in [0, 0.05) is 35.1 Å². The number of sulfone groups is 1. The molecule has 5 nitrogen and oxygen atoms in total. The Morgan fingerprint density at radius 2 is 2.29 bits per heavy atom. The van der Waals surface area contributed by atoms with Crippen molar-refractivity contribution in [3.63, 3.8) is 0 Å². The second kappa shape index (κ2) is 6.23. The summed E-state index contributed by atoms with van der Waals surface area (Å²) in [7, 11) is -3.27. The van der Waals surface area contributed by atoms with Crippen molar-refractivity contribution in [1.29, 1.82) is 5.41 Å². The van der Waals surface area contributed by atoms with Gasteiger partial charge in [0.05, 0.1) is 0 Å². The molecule has 0 spiro atoms. The first-order chi connectivity index (χ1) is 9.86. The number of nitrogens with two attached hydrogens (primary N) is 1. The molecule has 0 bridgehead atoms. The molecular formula is C13H18FN3O2S2. The Labute approximate surface area is 128 Å². The summed E-state index contributed by atoms with van der Waals surface area (Å²) in [5.41, 5.74) is 6.25. The standard InChI is InChI=1S/C13H18FN3O2S2/c1-2-21(18,19)12-8-20-6-5-17(12)11-4-3-9(14)7-10(11)13(15)16/h3-4,7,12H,2,5-6,8H2,1H3,(H3,15,16). The number of amidine groups is 1. The van der Waals surface area contributed by atoms with Gasteiger partial charge in [-0.15, -0.1) is 0 Å². The fraction of sp³-hybridized carbons (Fsp3) is 0.462. The van der Waals surface area contributed by atoms with Gasteiger partial charge in [0.25, 0.3) is 0 Å². The average molecular weight is 331 g/mol. The predicted octanol–water partition coefficient (Wildman–Crippen LogP) is 1.42. The molecule has 0 aromatic heterocycles. The largest absolute Gasteiger partial charge is 0.384 e. The molecule has 1 saturated heterocycles. The van der Waals surface area contributed by atoms with Crippen LogP contribution in [0.15, 0.2) is 18.2 Å². The highest BCUT2D eigenvalue weighted by Gasteiger charge is 2.34. The van der Waals surface area contributed by atoms with Crippen molar-refractivity contribution in [2.75, 3.05) is 28.7 Å². The maximum absolute atomic E-state index is 13.4. The van der Waals surface area contributed by atoms with Crippen molar-refractivity contribution in [2.24, 2.45) is 5.73 Å². The van der Waals surface area contributed by atoms with E-state index >= 15 is 0 Å². The number of nitrogens with one attached hydrogen (secondary N) is 1. The van der Waals surface area contributed by atoms with E-state index in [2.05, 4.69) is 0 Å². The van der Waals surface area contributed by atoms with E-state index in [-0.39, 0.29) is 17.2 Å². The van der Waals surface area contributed by atoms with Crippen LogP contribution in [0.3, 0.4) is 0 Å². The minimum Gasteiger partial charge on any atom is -0.384 e. The number of thioether (sulfide) groups is 1. The quantitative estimate of drug-likeness (QED) is 0.644. The molecule has 1 fully saturated rings. The van der Waals surface area contributed by atoms with Crippen LogP contribution in [-0.4, -0.2) is 43.4 Å². The fourth-order valence-electron chi connectivity index (χ4n) is 2.32. The lowest BCUT2D eigenvalue weighted by molar-refractivity contribution is 0.579. The van der Waals surface area contributed by atoms with Crippen LogP contribution < -0.4 is 10.6 Å². The van der Waals surface area contributed by atoms with E-state index in [9.17, 15) is 12.8 Å². The van der Waals surface area contributed by atoms with Gasteiger partial charge in [0.2, 0.25) is 0 Å². The zero-order chi connectivity index (χ0) is 15.6. The van der Waals surface area contributed by atoms with Gasteiger partial charge in [-0.3, -0.25) is 5.41 Å². The smallest absolute Gasteiger partial charge is 0.171 e. The van der Waals surface area contributed by atoms with Crippen LogP contribution in [0.25, 0.3) is 0 Å². The number of benzene rings is 1. The Morgan fingerprint density at radius 1 is 1.57 bits per heavy atom. The maximum Gasteiger partial charge on any atom is 0.171 e. The van der Waals surface area contributed by atoms with Crippen LogP contribution >= 0.6 is 11.8 Å². The van der Waals surface area contributed by atoms with E-state index in [0.29, 0.717) is 18.0 Å². The molecule has 2 rings (SSSR count). The molecule has 8 heteroatoms. The van der Waals surface area contributed by atoms with Crippen molar-refractivity contribution < 1.29 is 12.8 Å². The van der Waals surface area contributed by atoms with Gasteiger partial charge >= 0.3 is 0 Å². The predicted molar refractivity (Wildman–Crippen MR) is 85.3 cm³/mol. The third-order valence-corrected chi connectivity index (χ3v) is 6.75. The van der Waals surface area contributed by atoms with E-state index in [4.69, 9.17) is 11.1 Å². The van der Waals surface area contributed by atoms with Crippen LogP contribution in [0.4, 0.5) is 10.1 Å². The first kappa shape index (κ1) is 16.1. The molecule has 116 valence electrons. The van der Waals surface area contributed by atoms with Gasteiger partial charge in [0.15, 0.2) is 9.84 Å². The molecule has 1 aromatic carbocycles. The number of nitrogen functional groups attached to an aromatic ring is 1. The fourth-order valence-corrected chi connectivity index (χ4v) is 5.30. The monoisotopic (exact) mass is 331 g/mol. The normalized spacial score (nSPS) is 19.5. The molecule has 1 unspecified atom stereocenters. The number of hydrogen-bond acceptors (Lipinski definition) is 5. The van der Waals surface area contributed by atoms with Gasteiger partial charge in [-0.2, -0.15) is 11.8 Å². The number of rotatable bonds is 4. The summed E-state index contributed by atoms with van der Waals surface area (Å²) in [5, 5.41) is 6.93. The van der Waals surface area contributed by atoms with Crippen LogP contribution in [0, 0.1) is 11.2 Å². The molecule has 1 heterocycles. The molecule has 0 aliphatic carbocycles. The van der Waals surface area contributed by atoms with E-state index in [1.54, 1.807) is 23.6 Å². The minimum absolute atomic E-state index is 0.0470. The molecule has 1 aromatic rings. The zero-order valence-corrected chi connectivity index (χ0v) is 13.3. The van der Waals surface area contributed by atoms with Gasteiger partial charge in [-0.05, 0) is 18.2 Å². The lowest BCUT2D eigenvalue weighted by Gasteiger charge is -2.37. The van der Waals surface area contributed by atoms with Crippen molar-refractivity contribution in [3.8, 4) is 0 Å². The Hall–Kier alpha value is -1.28. The molecule has 1 atom stereocenters. The molecule has 0 radical (unpaired) electrons. The van der Waals surface area contributed by atoms with Gasteiger partial charge in [0.1, 0.15) is 17.0 Å². The van der Waals surface area contributed by atoms with Crippen LogP contribution in [0.5, 0.6) is 0 Å². The maximum atomic E-state index is 13.4. The van der Waals surface area contributed by atoms with Crippen molar-refractivity contribution >= 4 is 33.1 Å². The first-order valence-corrected chi connectivity index (χ1v) is 9.43. The second-order valence-corrected chi connectivity index (χ2v) is 8.35. The summed E-state index contributed by atoms with van der Waals surface area (Å²) >= 11 is 1.58. The van der Waals surface area contributed by atoms with Crippen molar-refractivity contribution in [2.45, 2.75) is 12.3 Å². The Kier molecular flexibility index (Phi) is 4.77. The molecule has 1 aliphatic heterocycles. The number of hydrogen-bond donors (Lipinski definition) is 2. The summed E-state index contributed by atoms with van der Waals surface area (Å²) in [5.74, 6) is 0.529. The van der Waals surface area contributed by atoms with E-state index < -0.39 is 21.0 Å². The van der Waals surface area contributed by atoms with E-state index in [1.165, 1.54) is 18.2 Å². The van der Waals surface area contributed by atoms with Gasteiger partial charge < -0.3 is 10.6 Å². The van der Waals surface area contributed by atoms with E-state index in [0.717, 1.165) is 5.75 Å². The topological polar surface area (TPSA) is 87.2 Å². The third kappa shape index (κ3) is 3.32. The Morgan fingerprint density at radius 3 is 2.90 bits per heavy atom.